The van der Waals surface area contributed by atoms with Crippen molar-refractivity contribution in [1.82, 2.24) is 0 Å². The van der Waals surface area contributed by atoms with Crippen molar-refractivity contribution in [3.05, 3.63) is 29.8 Å². The number of aliphatic hydroxyl groups is 2. The van der Waals surface area contributed by atoms with E-state index >= 15 is 0 Å². The SMILES string of the molecule is CC(C)N1C(=O)[C@](O)(C[C@@H](C)O)c2ccccc21. The summed E-state index contributed by atoms with van der Waals surface area (Å²) in [5.74, 6) is -0.348. The number of hydrogen-bond acceptors (Lipinski definition) is 3. The van der Waals surface area contributed by atoms with Crippen molar-refractivity contribution < 1.29 is 15.0 Å². The number of rotatable bonds is 3. The number of nitrogens with zero attached hydrogens (tertiary/aromatic N) is 1. The van der Waals surface area contributed by atoms with Crippen LogP contribution in [-0.2, 0) is 10.4 Å². The van der Waals surface area contributed by atoms with Crippen LogP contribution in [0.2, 0.25) is 0 Å². The summed E-state index contributed by atoms with van der Waals surface area (Å²) in [6, 6.07) is 7.19. The van der Waals surface area contributed by atoms with Gasteiger partial charge in [0.05, 0.1) is 11.8 Å². The molecule has 18 heavy (non-hydrogen) atoms. The summed E-state index contributed by atoms with van der Waals surface area (Å²) < 4.78 is 0. The van der Waals surface area contributed by atoms with E-state index in [1.807, 2.05) is 26.0 Å². The van der Waals surface area contributed by atoms with Crippen LogP contribution in [0.4, 0.5) is 5.69 Å². The number of aliphatic hydroxyl groups excluding tert-OH is 1. The number of hydrogen-bond donors (Lipinski definition) is 2. The number of anilines is 1. The second-order valence-corrected chi connectivity index (χ2v) is 5.20. The number of fused-ring (bicyclic) bond motifs is 1. The highest BCUT2D eigenvalue weighted by atomic mass is 16.3. The molecule has 0 aliphatic carbocycles. The molecule has 0 fully saturated rings. The minimum absolute atomic E-state index is 0.0199. The summed E-state index contributed by atoms with van der Waals surface area (Å²) in [7, 11) is 0. The van der Waals surface area contributed by atoms with Gasteiger partial charge < -0.3 is 15.1 Å². The predicted molar refractivity (Wildman–Crippen MR) is 69.3 cm³/mol. The average Bonchev–Trinajstić information content (AvgIpc) is 2.48. The van der Waals surface area contributed by atoms with Crippen LogP contribution in [0.5, 0.6) is 0 Å². The summed E-state index contributed by atoms with van der Waals surface area (Å²) in [5.41, 5.74) is -0.278. The van der Waals surface area contributed by atoms with Gasteiger partial charge in [-0.15, -0.1) is 0 Å². The Morgan fingerprint density at radius 3 is 2.44 bits per heavy atom. The molecule has 0 bridgehead atoms. The Morgan fingerprint density at radius 2 is 1.89 bits per heavy atom. The molecule has 1 aromatic rings. The van der Waals surface area contributed by atoms with Crippen molar-refractivity contribution in [2.24, 2.45) is 0 Å². The van der Waals surface area contributed by atoms with E-state index in [0.29, 0.717) is 5.56 Å². The second kappa shape index (κ2) is 4.37. The van der Waals surface area contributed by atoms with Gasteiger partial charge in [0.15, 0.2) is 5.60 Å². The van der Waals surface area contributed by atoms with Gasteiger partial charge in [-0.3, -0.25) is 4.79 Å². The standard InChI is InChI=1S/C14H19NO3/c1-9(2)15-12-7-5-4-6-11(12)14(18,13(15)17)8-10(3)16/h4-7,9-10,16,18H,8H2,1-3H3/t10-,14+/m1/s1. The third-order valence-corrected chi connectivity index (χ3v) is 3.29. The Labute approximate surface area is 107 Å². The lowest BCUT2D eigenvalue weighted by Gasteiger charge is -2.26. The largest absolute Gasteiger partial charge is 0.393 e. The Hall–Kier alpha value is -1.39. The molecule has 1 aromatic carbocycles. The van der Waals surface area contributed by atoms with Crippen LogP contribution in [-0.4, -0.2) is 28.3 Å². The monoisotopic (exact) mass is 249 g/mol. The van der Waals surface area contributed by atoms with Gasteiger partial charge in [-0.05, 0) is 26.8 Å². The van der Waals surface area contributed by atoms with E-state index in [2.05, 4.69) is 0 Å². The van der Waals surface area contributed by atoms with Crippen molar-refractivity contribution in [3.63, 3.8) is 0 Å². The van der Waals surface area contributed by atoms with E-state index in [1.54, 1.807) is 24.0 Å². The Kier molecular flexibility index (Phi) is 3.17. The third-order valence-electron chi connectivity index (χ3n) is 3.29. The first-order valence-electron chi connectivity index (χ1n) is 6.21. The second-order valence-electron chi connectivity index (χ2n) is 5.20. The highest BCUT2D eigenvalue weighted by Crippen LogP contribution is 2.43. The molecule has 2 rings (SSSR count). The highest BCUT2D eigenvalue weighted by Gasteiger charge is 2.50. The minimum Gasteiger partial charge on any atom is -0.393 e. The molecule has 0 spiro atoms. The van der Waals surface area contributed by atoms with Gasteiger partial charge in [0.2, 0.25) is 0 Å². The fourth-order valence-corrected chi connectivity index (χ4v) is 2.59. The van der Waals surface area contributed by atoms with E-state index in [4.69, 9.17) is 0 Å². The Balaban J connectivity index is 2.54. The molecule has 0 aromatic heterocycles. The van der Waals surface area contributed by atoms with E-state index in [9.17, 15) is 15.0 Å². The number of carbonyl (C=O) groups excluding carboxylic acids is 1. The zero-order chi connectivity index (χ0) is 13.5. The number of amides is 1. The molecule has 4 nitrogen and oxygen atoms in total. The minimum atomic E-state index is -1.60. The molecular weight excluding hydrogens is 230 g/mol. The van der Waals surface area contributed by atoms with Crippen LogP contribution < -0.4 is 4.90 Å². The van der Waals surface area contributed by atoms with Crippen LogP contribution >= 0.6 is 0 Å². The molecule has 0 saturated heterocycles. The van der Waals surface area contributed by atoms with Crippen molar-refractivity contribution >= 4 is 11.6 Å². The molecule has 0 saturated carbocycles. The van der Waals surface area contributed by atoms with Gasteiger partial charge in [0, 0.05) is 18.0 Å². The molecule has 1 aliphatic heterocycles. The van der Waals surface area contributed by atoms with Crippen molar-refractivity contribution in [2.45, 2.75) is 44.9 Å². The van der Waals surface area contributed by atoms with Gasteiger partial charge in [-0.1, -0.05) is 18.2 Å². The first kappa shape index (κ1) is 13.1. The topological polar surface area (TPSA) is 60.8 Å². The van der Waals surface area contributed by atoms with E-state index in [0.717, 1.165) is 5.69 Å². The number of para-hydroxylation sites is 1. The van der Waals surface area contributed by atoms with E-state index in [-0.39, 0.29) is 18.4 Å². The van der Waals surface area contributed by atoms with Gasteiger partial charge in [-0.2, -0.15) is 0 Å². The molecule has 1 amide bonds. The zero-order valence-corrected chi connectivity index (χ0v) is 10.9. The van der Waals surface area contributed by atoms with Gasteiger partial charge >= 0.3 is 0 Å². The average molecular weight is 249 g/mol. The molecule has 4 heteroatoms. The van der Waals surface area contributed by atoms with E-state index < -0.39 is 11.7 Å². The first-order valence-corrected chi connectivity index (χ1v) is 6.21. The van der Waals surface area contributed by atoms with Gasteiger partial charge in [0.25, 0.3) is 5.91 Å². The van der Waals surface area contributed by atoms with Crippen molar-refractivity contribution in [2.75, 3.05) is 4.90 Å². The number of carbonyl (C=O) groups is 1. The third kappa shape index (κ3) is 1.82. The van der Waals surface area contributed by atoms with Crippen LogP contribution in [0.25, 0.3) is 0 Å². The van der Waals surface area contributed by atoms with Crippen LogP contribution in [0.15, 0.2) is 24.3 Å². The number of benzene rings is 1. The highest BCUT2D eigenvalue weighted by molar-refractivity contribution is 6.07. The molecule has 2 N–H and O–H groups in total. The molecule has 0 unspecified atom stereocenters. The summed E-state index contributed by atoms with van der Waals surface area (Å²) in [4.78, 5) is 14.0. The summed E-state index contributed by atoms with van der Waals surface area (Å²) >= 11 is 0. The van der Waals surface area contributed by atoms with Gasteiger partial charge in [-0.25, -0.2) is 0 Å². The van der Waals surface area contributed by atoms with Crippen LogP contribution in [0.1, 0.15) is 32.8 Å². The molecule has 98 valence electrons. The predicted octanol–water partition coefficient (Wildman–Crippen LogP) is 1.40. The quantitative estimate of drug-likeness (QED) is 0.851. The fraction of sp³-hybridized carbons (Fsp3) is 0.500. The van der Waals surface area contributed by atoms with Crippen molar-refractivity contribution in [3.8, 4) is 0 Å². The molecular formula is C14H19NO3. The van der Waals surface area contributed by atoms with Crippen LogP contribution in [0.3, 0.4) is 0 Å². The lowest BCUT2D eigenvalue weighted by molar-refractivity contribution is -0.139. The fourth-order valence-electron chi connectivity index (χ4n) is 2.59. The van der Waals surface area contributed by atoms with Gasteiger partial charge in [0.1, 0.15) is 0 Å². The zero-order valence-electron chi connectivity index (χ0n) is 10.9. The van der Waals surface area contributed by atoms with E-state index in [1.165, 1.54) is 0 Å². The molecule has 2 atom stereocenters. The lowest BCUT2D eigenvalue weighted by Crippen LogP contribution is -2.44. The maximum atomic E-state index is 12.4. The molecule has 1 heterocycles. The summed E-state index contributed by atoms with van der Waals surface area (Å²) in [5, 5.41) is 20.2. The maximum absolute atomic E-state index is 12.4. The smallest absolute Gasteiger partial charge is 0.264 e. The summed E-state index contributed by atoms with van der Waals surface area (Å²) in [6.45, 7) is 5.39. The Bertz CT molecular complexity index is 470. The molecule has 0 radical (unpaired) electrons. The normalized spacial score (nSPS) is 24.6. The lowest BCUT2D eigenvalue weighted by atomic mass is 9.90. The maximum Gasteiger partial charge on any atom is 0.264 e. The van der Waals surface area contributed by atoms with Crippen molar-refractivity contribution in [1.29, 1.82) is 0 Å². The molecule has 1 aliphatic rings. The first-order chi connectivity index (χ1) is 8.38. The summed E-state index contributed by atoms with van der Waals surface area (Å²) in [6.07, 6.45) is -0.717. The Morgan fingerprint density at radius 1 is 1.28 bits per heavy atom. The van der Waals surface area contributed by atoms with Crippen LogP contribution in [0, 0.1) is 0 Å².